The Labute approximate surface area is 140 Å². The normalized spacial score (nSPS) is 18.6. The molecule has 1 aliphatic heterocycles. The first-order chi connectivity index (χ1) is 11.0. The van der Waals surface area contributed by atoms with Gasteiger partial charge in [-0.25, -0.2) is 0 Å². The van der Waals surface area contributed by atoms with E-state index in [1.54, 1.807) is 6.07 Å². The Morgan fingerprint density at radius 1 is 1.43 bits per heavy atom. The summed E-state index contributed by atoms with van der Waals surface area (Å²) in [6, 6.07) is 3.64. The monoisotopic (exact) mass is 335 g/mol. The molecule has 0 aromatic carbocycles. The summed E-state index contributed by atoms with van der Waals surface area (Å²) in [5, 5.41) is 12.1. The third-order valence-electron chi connectivity index (χ3n) is 4.11. The zero-order valence-electron chi connectivity index (χ0n) is 13.5. The lowest BCUT2D eigenvalue weighted by molar-refractivity contribution is -0.125. The van der Waals surface area contributed by atoms with E-state index in [-0.39, 0.29) is 11.8 Å². The number of nitrogens with zero attached hydrogens (tertiary/aromatic N) is 4. The first kappa shape index (κ1) is 16.1. The number of carbonyl (C=O) groups is 1. The summed E-state index contributed by atoms with van der Waals surface area (Å²) in [5.41, 5.74) is 0.760. The van der Waals surface area contributed by atoms with Gasteiger partial charge in [-0.15, -0.1) is 10.2 Å². The Morgan fingerprint density at radius 2 is 2.26 bits per heavy atom. The van der Waals surface area contributed by atoms with Gasteiger partial charge in [0, 0.05) is 25.8 Å². The summed E-state index contributed by atoms with van der Waals surface area (Å²) in [7, 11) is 0. The molecule has 0 radical (unpaired) electrons. The molecule has 0 saturated carbocycles. The summed E-state index contributed by atoms with van der Waals surface area (Å²) in [6.07, 6.45) is 3.70. The number of hydrogen-bond donors (Lipinski definition) is 1. The third-order valence-corrected chi connectivity index (χ3v) is 4.33. The maximum Gasteiger partial charge on any atom is 0.231 e. The molecule has 1 saturated heterocycles. The van der Waals surface area contributed by atoms with Crippen LogP contribution in [0.1, 0.15) is 26.7 Å². The van der Waals surface area contributed by atoms with Gasteiger partial charge >= 0.3 is 0 Å². The van der Waals surface area contributed by atoms with Crippen molar-refractivity contribution in [2.75, 3.05) is 24.5 Å². The van der Waals surface area contributed by atoms with E-state index >= 15 is 0 Å². The largest absolute Gasteiger partial charge is 0.356 e. The van der Waals surface area contributed by atoms with Crippen LogP contribution >= 0.6 is 11.6 Å². The van der Waals surface area contributed by atoms with E-state index in [0.29, 0.717) is 17.5 Å². The number of nitrogens with one attached hydrogen (secondary N) is 1. The molecule has 1 N–H and O–H groups in total. The Morgan fingerprint density at radius 3 is 3.04 bits per heavy atom. The van der Waals surface area contributed by atoms with Crippen LogP contribution in [0, 0.1) is 11.8 Å². The Hall–Kier alpha value is -1.82. The van der Waals surface area contributed by atoms with Crippen molar-refractivity contribution in [2.24, 2.45) is 11.8 Å². The molecule has 2 aromatic rings. The molecule has 1 atom stereocenters. The van der Waals surface area contributed by atoms with Crippen molar-refractivity contribution < 1.29 is 4.79 Å². The number of hydrogen-bond acceptors (Lipinski definition) is 4. The fraction of sp³-hybridized carbons (Fsp3) is 0.562. The maximum absolute atomic E-state index is 12.3. The first-order valence-electron chi connectivity index (χ1n) is 8.07. The van der Waals surface area contributed by atoms with Crippen LogP contribution in [0.2, 0.25) is 5.02 Å². The summed E-state index contributed by atoms with van der Waals surface area (Å²) in [6.45, 7) is 6.45. The summed E-state index contributed by atoms with van der Waals surface area (Å²) in [5.74, 6) is 1.34. The Kier molecular flexibility index (Phi) is 4.71. The van der Waals surface area contributed by atoms with Gasteiger partial charge in [0.15, 0.2) is 5.65 Å². The van der Waals surface area contributed by atoms with Gasteiger partial charge < -0.3 is 10.2 Å². The number of halogens is 1. The number of piperidine rings is 1. The lowest BCUT2D eigenvalue weighted by Crippen LogP contribution is -2.44. The molecule has 1 amide bonds. The summed E-state index contributed by atoms with van der Waals surface area (Å²) in [4.78, 5) is 14.5. The van der Waals surface area contributed by atoms with Gasteiger partial charge in [0.05, 0.1) is 10.9 Å². The van der Waals surface area contributed by atoms with Crippen LogP contribution in [0.4, 0.5) is 5.95 Å². The van der Waals surface area contributed by atoms with Crippen LogP contribution in [0.25, 0.3) is 5.65 Å². The number of aromatic nitrogens is 3. The average molecular weight is 336 g/mol. The van der Waals surface area contributed by atoms with Crippen LogP contribution in [0.3, 0.4) is 0 Å². The molecule has 3 rings (SSSR count). The van der Waals surface area contributed by atoms with Crippen molar-refractivity contribution in [3.63, 3.8) is 0 Å². The van der Waals surface area contributed by atoms with E-state index in [1.165, 1.54) is 0 Å². The van der Waals surface area contributed by atoms with Crippen molar-refractivity contribution in [1.29, 1.82) is 0 Å². The summed E-state index contributed by atoms with van der Waals surface area (Å²) >= 11 is 6.08. The molecule has 7 heteroatoms. The molecule has 6 nitrogen and oxygen atoms in total. The fourth-order valence-corrected chi connectivity index (χ4v) is 3.05. The number of pyridine rings is 1. The van der Waals surface area contributed by atoms with E-state index < -0.39 is 0 Å². The SMILES string of the molecule is CC(C)CNC(=O)[C@@H]1CCCN(c2nnc3ccc(Cl)cn23)C1. The molecule has 0 aliphatic carbocycles. The van der Waals surface area contributed by atoms with Crippen LogP contribution in [0.15, 0.2) is 18.3 Å². The molecule has 2 aromatic heterocycles. The number of fused-ring (bicyclic) bond motifs is 1. The van der Waals surface area contributed by atoms with Gasteiger partial charge in [-0.3, -0.25) is 9.20 Å². The Balaban J connectivity index is 1.75. The third kappa shape index (κ3) is 3.58. The highest BCUT2D eigenvalue weighted by Gasteiger charge is 2.28. The quantitative estimate of drug-likeness (QED) is 0.931. The number of rotatable bonds is 4. The molecule has 0 bridgehead atoms. The molecule has 0 spiro atoms. The van der Waals surface area contributed by atoms with Crippen molar-refractivity contribution >= 4 is 29.1 Å². The van der Waals surface area contributed by atoms with Crippen molar-refractivity contribution in [2.45, 2.75) is 26.7 Å². The van der Waals surface area contributed by atoms with E-state index in [2.05, 4.69) is 34.3 Å². The van der Waals surface area contributed by atoms with Crippen LogP contribution < -0.4 is 10.2 Å². The van der Waals surface area contributed by atoms with E-state index in [4.69, 9.17) is 11.6 Å². The van der Waals surface area contributed by atoms with Crippen molar-refractivity contribution in [3.8, 4) is 0 Å². The minimum atomic E-state index is -0.00552. The van der Waals surface area contributed by atoms with Crippen LogP contribution in [-0.2, 0) is 4.79 Å². The zero-order valence-corrected chi connectivity index (χ0v) is 14.3. The molecular formula is C16H22ClN5O. The van der Waals surface area contributed by atoms with Crippen LogP contribution in [0.5, 0.6) is 0 Å². The smallest absolute Gasteiger partial charge is 0.231 e. The predicted molar refractivity (Wildman–Crippen MR) is 90.8 cm³/mol. The molecular weight excluding hydrogens is 314 g/mol. The van der Waals surface area contributed by atoms with Gasteiger partial charge in [0.1, 0.15) is 0 Å². The molecule has 0 unspecified atom stereocenters. The van der Waals surface area contributed by atoms with Gasteiger partial charge in [-0.05, 0) is 30.9 Å². The van der Waals surface area contributed by atoms with Crippen LogP contribution in [-0.4, -0.2) is 40.1 Å². The highest BCUT2D eigenvalue weighted by molar-refractivity contribution is 6.30. The highest BCUT2D eigenvalue weighted by Crippen LogP contribution is 2.23. The van der Waals surface area contributed by atoms with Crippen molar-refractivity contribution in [3.05, 3.63) is 23.4 Å². The zero-order chi connectivity index (χ0) is 16.4. The van der Waals surface area contributed by atoms with Gasteiger partial charge in [-0.2, -0.15) is 0 Å². The minimum Gasteiger partial charge on any atom is -0.356 e. The van der Waals surface area contributed by atoms with Gasteiger partial charge in [0.25, 0.3) is 0 Å². The fourth-order valence-electron chi connectivity index (χ4n) is 2.89. The Bertz CT molecular complexity index is 699. The second-order valence-electron chi connectivity index (χ2n) is 6.50. The molecule has 124 valence electrons. The highest BCUT2D eigenvalue weighted by atomic mass is 35.5. The summed E-state index contributed by atoms with van der Waals surface area (Å²) < 4.78 is 1.89. The van der Waals surface area contributed by atoms with E-state index in [9.17, 15) is 4.79 Å². The minimum absolute atomic E-state index is 0.00552. The second kappa shape index (κ2) is 6.74. The van der Waals surface area contributed by atoms with E-state index in [0.717, 1.165) is 37.5 Å². The van der Waals surface area contributed by atoms with Gasteiger partial charge in [0.2, 0.25) is 11.9 Å². The molecule has 3 heterocycles. The van der Waals surface area contributed by atoms with E-state index in [1.807, 2.05) is 16.7 Å². The number of anilines is 1. The maximum atomic E-state index is 12.3. The molecule has 1 aliphatic rings. The average Bonchev–Trinajstić information content (AvgIpc) is 2.95. The molecule has 1 fully saturated rings. The molecule has 23 heavy (non-hydrogen) atoms. The predicted octanol–water partition coefficient (Wildman–Crippen LogP) is 2.37. The topological polar surface area (TPSA) is 62.5 Å². The first-order valence-corrected chi connectivity index (χ1v) is 8.45. The number of carbonyl (C=O) groups excluding carboxylic acids is 1. The second-order valence-corrected chi connectivity index (χ2v) is 6.94. The number of amides is 1. The lowest BCUT2D eigenvalue weighted by Gasteiger charge is -2.32. The standard InChI is InChI=1S/C16H22ClN5O/c1-11(2)8-18-15(23)12-4-3-7-21(9-12)16-20-19-14-6-5-13(17)10-22(14)16/h5-6,10-12H,3-4,7-9H2,1-2H3,(H,18,23)/t12-/m1/s1. The lowest BCUT2D eigenvalue weighted by atomic mass is 9.97. The van der Waals surface area contributed by atoms with Crippen molar-refractivity contribution in [1.82, 2.24) is 19.9 Å². The van der Waals surface area contributed by atoms with Gasteiger partial charge in [-0.1, -0.05) is 25.4 Å².